The van der Waals surface area contributed by atoms with Crippen LogP contribution >= 0.6 is 0 Å². The summed E-state index contributed by atoms with van der Waals surface area (Å²) in [4.78, 5) is 7.77. The summed E-state index contributed by atoms with van der Waals surface area (Å²) in [6, 6.07) is 73.7. The number of para-hydroxylation sites is 7. The van der Waals surface area contributed by atoms with Crippen molar-refractivity contribution < 1.29 is 0 Å². The van der Waals surface area contributed by atoms with Gasteiger partial charge in [-0.3, -0.25) is 0 Å². The van der Waals surface area contributed by atoms with Crippen LogP contribution in [0.4, 0.5) is 68.2 Å². The average Bonchev–Trinajstić information content (AvgIpc) is 3.39. The summed E-state index contributed by atoms with van der Waals surface area (Å²) in [6.07, 6.45) is 9.88. The molecule has 0 radical (unpaired) electrons. The molecule has 1 atom stereocenters. The average molecular weight is 882 g/mol. The molecule has 324 valence electrons. The number of benzene rings is 9. The molecule has 0 spiro atoms. The molecular weight excluding hydrogens is 835 g/mol. The standard InChI is InChI=1S/C61H46B3N5/c1-61(36-20-5-21-37-61)69(42-26-10-4-11-27-42)43-38-48(65-40-22-6-2-7-23-40)54(49(39-43)66-41-24-8-3-9-25-41)55-56-59-58-60-57(55)63-45-29-13-17-33-51(45)68(60)53-35-19-15-31-47(53)64(58)46-30-14-18-34-52(46)67(59)50-32-16-12-28-44(50)62-56/h2-36,38-39,62-63,65-66H,37H2,1H3. The lowest BCUT2D eigenvalue weighted by Crippen LogP contribution is -2.67. The number of allylic oxidation sites excluding steroid dienone is 2. The second kappa shape index (κ2) is 15.6. The molecule has 9 aromatic rings. The number of nitrogens with zero attached hydrogens (tertiary/aromatic N) is 3. The van der Waals surface area contributed by atoms with Crippen LogP contribution in [0.5, 0.6) is 0 Å². The van der Waals surface area contributed by atoms with E-state index in [0.29, 0.717) is 0 Å². The zero-order valence-electron chi connectivity index (χ0n) is 38.4. The van der Waals surface area contributed by atoms with E-state index in [-0.39, 0.29) is 12.3 Å². The van der Waals surface area contributed by atoms with Crippen molar-refractivity contribution in [3.05, 3.63) is 224 Å². The third-order valence-electron chi connectivity index (χ3n) is 15.1. The van der Waals surface area contributed by atoms with Crippen molar-refractivity contribution in [3.63, 3.8) is 0 Å². The number of hydrogen-bond acceptors (Lipinski definition) is 5. The molecule has 69 heavy (non-hydrogen) atoms. The molecule has 4 heterocycles. The van der Waals surface area contributed by atoms with E-state index in [1.165, 1.54) is 77.9 Å². The lowest BCUT2D eigenvalue weighted by Gasteiger charge is -2.50. The predicted molar refractivity (Wildman–Crippen MR) is 298 cm³/mol. The molecule has 2 N–H and O–H groups in total. The molecule has 0 saturated carbocycles. The third kappa shape index (κ3) is 6.14. The molecule has 1 unspecified atom stereocenters. The Morgan fingerprint density at radius 1 is 0.493 bits per heavy atom. The van der Waals surface area contributed by atoms with Gasteiger partial charge in [0.1, 0.15) is 0 Å². The Morgan fingerprint density at radius 2 is 0.957 bits per heavy atom. The first kappa shape index (κ1) is 39.8. The zero-order valence-corrected chi connectivity index (χ0v) is 38.4. The zero-order chi connectivity index (χ0) is 45.6. The van der Waals surface area contributed by atoms with Crippen LogP contribution in [0.15, 0.2) is 224 Å². The van der Waals surface area contributed by atoms with Crippen LogP contribution in [-0.4, -0.2) is 26.8 Å². The monoisotopic (exact) mass is 881 g/mol. The topological polar surface area (TPSA) is 33.8 Å². The van der Waals surface area contributed by atoms with Crippen molar-refractivity contribution in [2.45, 2.75) is 18.9 Å². The largest absolute Gasteiger partial charge is 0.355 e. The molecule has 5 aliphatic rings. The van der Waals surface area contributed by atoms with Crippen molar-refractivity contribution in [2.75, 3.05) is 25.3 Å². The van der Waals surface area contributed by atoms with Gasteiger partial charge in [-0.05, 0) is 119 Å². The minimum absolute atomic E-state index is 0.0564. The molecule has 9 aromatic carbocycles. The molecule has 0 amide bonds. The van der Waals surface area contributed by atoms with Crippen LogP contribution in [0.25, 0.3) is 11.1 Å². The normalized spacial score (nSPS) is 15.9. The van der Waals surface area contributed by atoms with Gasteiger partial charge >= 0.3 is 0 Å². The van der Waals surface area contributed by atoms with Crippen LogP contribution in [-0.2, 0) is 0 Å². The molecular formula is C61H46B3N5. The molecule has 8 heteroatoms. The number of nitrogens with one attached hydrogen (secondary N) is 2. The quantitative estimate of drug-likeness (QED) is 0.149. The maximum atomic E-state index is 4.10. The first-order valence-electron chi connectivity index (χ1n) is 24.3. The molecule has 0 saturated heterocycles. The minimum atomic E-state index is -0.343. The van der Waals surface area contributed by atoms with Gasteiger partial charge < -0.3 is 25.3 Å². The van der Waals surface area contributed by atoms with E-state index in [9.17, 15) is 0 Å². The smallest absolute Gasteiger partial charge is 0.252 e. The predicted octanol–water partition coefficient (Wildman–Crippen LogP) is 9.74. The van der Waals surface area contributed by atoms with Crippen molar-refractivity contribution in [2.24, 2.45) is 0 Å². The van der Waals surface area contributed by atoms with E-state index in [0.717, 1.165) is 60.7 Å². The van der Waals surface area contributed by atoms with Gasteiger partial charge in [-0.15, -0.1) is 0 Å². The summed E-state index contributed by atoms with van der Waals surface area (Å²) in [5.74, 6) is 0. The van der Waals surface area contributed by atoms with Crippen molar-refractivity contribution in [1.29, 1.82) is 0 Å². The molecule has 1 aliphatic carbocycles. The van der Waals surface area contributed by atoms with E-state index in [1.54, 1.807) is 0 Å². The molecule has 4 aliphatic heterocycles. The fourth-order valence-corrected chi connectivity index (χ4v) is 12.3. The van der Waals surface area contributed by atoms with Gasteiger partial charge in [-0.25, -0.2) is 0 Å². The Bertz CT molecular complexity index is 3410. The maximum absolute atomic E-state index is 4.10. The molecule has 0 fully saturated rings. The molecule has 0 bridgehead atoms. The van der Waals surface area contributed by atoms with E-state index in [4.69, 9.17) is 0 Å². The van der Waals surface area contributed by atoms with E-state index < -0.39 is 0 Å². The highest BCUT2D eigenvalue weighted by Crippen LogP contribution is 2.50. The van der Waals surface area contributed by atoms with Crippen LogP contribution in [0.3, 0.4) is 0 Å². The van der Waals surface area contributed by atoms with Crippen LogP contribution in [0, 0.1) is 0 Å². The molecule has 0 aromatic heterocycles. The summed E-state index contributed by atoms with van der Waals surface area (Å²) in [5, 5.41) is 8.21. The van der Waals surface area contributed by atoms with Crippen molar-refractivity contribution in [3.8, 4) is 11.1 Å². The number of anilines is 12. The van der Waals surface area contributed by atoms with Gasteiger partial charge in [0.15, 0.2) is 14.6 Å². The molecule has 14 rings (SSSR count). The fraction of sp³-hybridized carbons (Fsp3) is 0.0492. The molecule has 5 nitrogen and oxygen atoms in total. The van der Waals surface area contributed by atoms with E-state index in [2.05, 4.69) is 257 Å². The lowest BCUT2D eigenvalue weighted by molar-refractivity contribution is 0.570. The highest BCUT2D eigenvalue weighted by molar-refractivity contribution is 7.02. The van der Waals surface area contributed by atoms with Crippen molar-refractivity contribution >= 4 is 128 Å². The van der Waals surface area contributed by atoms with Crippen LogP contribution in [0.2, 0.25) is 0 Å². The second-order valence-electron chi connectivity index (χ2n) is 19.2. The Labute approximate surface area is 405 Å². The summed E-state index contributed by atoms with van der Waals surface area (Å²) < 4.78 is 0. The van der Waals surface area contributed by atoms with Gasteiger partial charge in [0.2, 0.25) is 0 Å². The van der Waals surface area contributed by atoms with Gasteiger partial charge in [0, 0.05) is 62.4 Å². The minimum Gasteiger partial charge on any atom is -0.355 e. The number of hydrogen-bond donors (Lipinski definition) is 2. The van der Waals surface area contributed by atoms with Gasteiger partial charge in [-0.1, -0.05) is 163 Å². The van der Waals surface area contributed by atoms with Crippen molar-refractivity contribution in [1.82, 2.24) is 0 Å². The second-order valence-corrected chi connectivity index (χ2v) is 19.2. The van der Waals surface area contributed by atoms with E-state index >= 15 is 0 Å². The first-order valence-corrected chi connectivity index (χ1v) is 24.3. The summed E-state index contributed by atoms with van der Waals surface area (Å²) in [7, 11) is 1.58. The highest BCUT2D eigenvalue weighted by Gasteiger charge is 2.49. The summed E-state index contributed by atoms with van der Waals surface area (Å²) in [6.45, 7) is 2.41. The van der Waals surface area contributed by atoms with Gasteiger partial charge in [0.05, 0.1) is 16.9 Å². The summed E-state index contributed by atoms with van der Waals surface area (Å²) in [5.41, 5.74) is 25.5. The highest BCUT2D eigenvalue weighted by atomic mass is 15.2. The fourth-order valence-electron chi connectivity index (χ4n) is 12.3. The summed E-state index contributed by atoms with van der Waals surface area (Å²) >= 11 is 0. The van der Waals surface area contributed by atoms with Crippen LogP contribution in [0.1, 0.15) is 13.3 Å². The number of rotatable bonds is 8. The Kier molecular flexibility index (Phi) is 9.00. The Morgan fingerprint density at radius 3 is 1.46 bits per heavy atom. The first-order chi connectivity index (χ1) is 34.1. The van der Waals surface area contributed by atoms with Crippen LogP contribution < -0.4 is 63.6 Å². The van der Waals surface area contributed by atoms with Gasteiger partial charge in [0.25, 0.3) is 6.71 Å². The Hall–Kier alpha value is -8.35. The Balaban J connectivity index is 1.14. The van der Waals surface area contributed by atoms with E-state index in [1.807, 2.05) is 0 Å². The lowest BCUT2D eigenvalue weighted by atomic mass is 9.31. The SMILES string of the molecule is CC1(N(c2ccccc2)c2cc(Nc3ccccc3)c(-c3c4c5c6c7c3Bc3ccccc3N7c3ccccc3B6c3ccccc3N5c3ccccc3B4)c(Nc3ccccc3)c2)C=CC=CC1. The van der Waals surface area contributed by atoms with Gasteiger partial charge in [-0.2, -0.15) is 0 Å². The maximum Gasteiger partial charge on any atom is 0.252 e. The third-order valence-corrected chi connectivity index (χ3v) is 15.1. The number of fused-ring (bicyclic) bond motifs is 10.